The van der Waals surface area contributed by atoms with Gasteiger partial charge in [0, 0.05) is 43.2 Å². The highest BCUT2D eigenvalue weighted by Gasteiger charge is 2.23. The lowest BCUT2D eigenvalue weighted by molar-refractivity contribution is -0.132. The van der Waals surface area contributed by atoms with Crippen molar-refractivity contribution in [1.29, 1.82) is 0 Å². The van der Waals surface area contributed by atoms with Gasteiger partial charge in [-0.05, 0) is 48.4 Å². The standard InChI is InChI=1S/C25H27N5O/c31-25(9-6-19-4-2-1-3-5-19)29-12-10-20(11-13-29)18-30-24-8-7-21(14-22(24)17-28-30)23-15-26-27-16-23/h1-5,7-8,14-17,20H,6,9-13,18H2,(H,26,27). The molecule has 0 spiro atoms. The second-order valence-electron chi connectivity index (χ2n) is 8.40. The molecular weight excluding hydrogens is 386 g/mol. The number of likely N-dealkylation sites (tertiary alicyclic amines) is 1. The van der Waals surface area contributed by atoms with Gasteiger partial charge in [-0.15, -0.1) is 0 Å². The molecule has 0 aliphatic carbocycles. The molecule has 0 saturated carbocycles. The van der Waals surface area contributed by atoms with Crippen LogP contribution in [0.15, 0.2) is 67.1 Å². The predicted octanol–water partition coefficient (Wildman–Crippen LogP) is 4.30. The number of carbonyl (C=O) groups is 1. The number of H-pyrrole nitrogens is 1. The van der Waals surface area contributed by atoms with Crippen LogP contribution in [0.2, 0.25) is 0 Å². The summed E-state index contributed by atoms with van der Waals surface area (Å²) in [6.07, 6.45) is 9.16. The first kappa shape index (κ1) is 19.5. The first-order valence-corrected chi connectivity index (χ1v) is 11.0. The molecule has 6 nitrogen and oxygen atoms in total. The lowest BCUT2D eigenvalue weighted by Crippen LogP contribution is -2.39. The van der Waals surface area contributed by atoms with Gasteiger partial charge in [0.15, 0.2) is 0 Å². The Bertz CT molecular complexity index is 1140. The Balaban J connectivity index is 1.16. The smallest absolute Gasteiger partial charge is 0.222 e. The fraction of sp³-hybridized carbons (Fsp3) is 0.320. The minimum absolute atomic E-state index is 0.276. The van der Waals surface area contributed by atoms with Gasteiger partial charge in [-0.1, -0.05) is 36.4 Å². The van der Waals surface area contributed by atoms with E-state index in [2.05, 4.69) is 50.3 Å². The molecule has 0 unspecified atom stereocenters. The van der Waals surface area contributed by atoms with E-state index in [1.54, 1.807) is 0 Å². The number of nitrogens with one attached hydrogen (secondary N) is 1. The molecular formula is C25H27N5O. The number of rotatable bonds is 6. The summed E-state index contributed by atoms with van der Waals surface area (Å²) in [6, 6.07) is 16.7. The van der Waals surface area contributed by atoms with Crippen molar-refractivity contribution in [3.05, 3.63) is 72.7 Å². The molecule has 0 radical (unpaired) electrons. The summed E-state index contributed by atoms with van der Waals surface area (Å²) in [5.41, 5.74) is 4.61. The molecule has 1 amide bonds. The van der Waals surface area contributed by atoms with E-state index in [9.17, 15) is 4.79 Å². The maximum atomic E-state index is 12.6. The van der Waals surface area contributed by atoms with E-state index in [-0.39, 0.29) is 5.91 Å². The van der Waals surface area contributed by atoms with Crippen molar-refractivity contribution in [3.63, 3.8) is 0 Å². The van der Waals surface area contributed by atoms with Crippen molar-refractivity contribution in [2.75, 3.05) is 13.1 Å². The Morgan fingerprint density at radius 1 is 1.03 bits per heavy atom. The Morgan fingerprint density at radius 3 is 2.65 bits per heavy atom. The summed E-state index contributed by atoms with van der Waals surface area (Å²) in [5.74, 6) is 0.827. The first-order chi connectivity index (χ1) is 15.3. The quantitative estimate of drug-likeness (QED) is 0.513. The molecule has 1 aliphatic heterocycles. The first-order valence-electron chi connectivity index (χ1n) is 11.0. The molecule has 5 rings (SSSR count). The second-order valence-corrected chi connectivity index (χ2v) is 8.40. The molecule has 2 aromatic heterocycles. The Kier molecular flexibility index (Phi) is 5.52. The van der Waals surface area contributed by atoms with Crippen molar-refractivity contribution >= 4 is 16.8 Å². The lowest BCUT2D eigenvalue weighted by Gasteiger charge is -2.32. The van der Waals surface area contributed by atoms with Gasteiger partial charge in [0.25, 0.3) is 0 Å². The number of nitrogens with zero attached hydrogens (tertiary/aromatic N) is 4. The van der Waals surface area contributed by atoms with Crippen LogP contribution in [-0.4, -0.2) is 43.9 Å². The maximum Gasteiger partial charge on any atom is 0.222 e. The third-order valence-electron chi connectivity index (χ3n) is 6.34. The van der Waals surface area contributed by atoms with Crippen LogP contribution in [0, 0.1) is 5.92 Å². The van der Waals surface area contributed by atoms with E-state index in [0.717, 1.165) is 60.9 Å². The average Bonchev–Trinajstić information content (AvgIpc) is 3.49. The largest absolute Gasteiger partial charge is 0.343 e. The normalized spacial score (nSPS) is 14.9. The van der Waals surface area contributed by atoms with Crippen molar-refractivity contribution in [1.82, 2.24) is 24.9 Å². The Morgan fingerprint density at radius 2 is 1.87 bits per heavy atom. The summed E-state index contributed by atoms with van der Waals surface area (Å²) in [7, 11) is 0. The topological polar surface area (TPSA) is 66.8 Å². The van der Waals surface area contributed by atoms with Gasteiger partial charge in [0.1, 0.15) is 0 Å². The Labute approximate surface area is 181 Å². The number of fused-ring (bicyclic) bond motifs is 1. The molecule has 158 valence electrons. The average molecular weight is 414 g/mol. The van der Waals surface area contributed by atoms with Crippen molar-refractivity contribution in [3.8, 4) is 11.1 Å². The highest BCUT2D eigenvalue weighted by molar-refractivity contribution is 5.84. The van der Waals surface area contributed by atoms with Crippen molar-refractivity contribution in [2.24, 2.45) is 5.92 Å². The molecule has 31 heavy (non-hydrogen) atoms. The number of aromatic amines is 1. The summed E-state index contributed by atoms with van der Waals surface area (Å²) in [6.45, 7) is 2.60. The molecule has 0 bridgehead atoms. The van der Waals surface area contributed by atoms with Gasteiger partial charge < -0.3 is 4.90 Å². The highest BCUT2D eigenvalue weighted by atomic mass is 16.2. The van der Waals surface area contributed by atoms with Gasteiger partial charge >= 0.3 is 0 Å². The second kappa shape index (κ2) is 8.76. The number of hydrogen-bond donors (Lipinski definition) is 1. The number of carbonyl (C=O) groups excluding carboxylic acids is 1. The molecule has 1 fully saturated rings. The van der Waals surface area contributed by atoms with Gasteiger partial charge in [0.2, 0.25) is 5.91 Å². The van der Waals surface area contributed by atoms with Gasteiger partial charge in [-0.2, -0.15) is 10.2 Å². The SMILES string of the molecule is O=C(CCc1ccccc1)N1CCC(Cn2ncc3cc(-c4cn[nH]c4)ccc32)CC1. The predicted molar refractivity (Wildman–Crippen MR) is 121 cm³/mol. The van der Waals surface area contributed by atoms with Gasteiger partial charge in [-0.3, -0.25) is 14.6 Å². The number of hydrogen-bond acceptors (Lipinski definition) is 3. The zero-order chi connectivity index (χ0) is 21.0. The molecule has 6 heteroatoms. The van der Waals surface area contributed by atoms with E-state index in [4.69, 9.17) is 0 Å². The summed E-state index contributed by atoms with van der Waals surface area (Å²) in [4.78, 5) is 14.6. The Hall–Kier alpha value is -3.41. The molecule has 0 atom stereocenters. The van der Waals surface area contributed by atoms with Crippen LogP contribution < -0.4 is 0 Å². The van der Waals surface area contributed by atoms with Crippen LogP contribution in [0.3, 0.4) is 0 Å². The molecule has 1 N–H and O–H groups in total. The number of piperidine rings is 1. The van der Waals surface area contributed by atoms with Crippen LogP contribution in [0.1, 0.15) is 24.8 Å². The maximum absolute atomic E-state index is 12.6. The van der Waals surface area contributed by atoms with E-state index in [1.807, 2.05) is 41.7 Å². The number of amides is 1. The minimum atomic E-state index is 0.276. The molecule has 2 aromatic carbocycles. The molecule has 4 aromatic rings. The number of aromatic nitrogens is 4. The van der Waals surface area contributed by atoms with Crippen LogP contribution in [-0.2, 0) is 17.8 Å². The third kappa shape index (κ3) is 4.38. The molecule has 3 heterocycles. The van der Waals surface area contributed by atoms with Crippen LogP contribution >= 0.6 is 0 Å². The zero-order valence-corrected chi connectivity index (χ0v) is 17.6. The van der Waals surface area contributed by atoms with E-state index >= 15 is 0 Å². The fourth-order valence-electron chi connectivity index (χ4n) is 4.48. The summed E-state index contributed by atoms with van der Waals surface area (Å²) >= 11 is 0. The fourth-order valence-corrected chi connectivity index (χ4v) is 4.48. The summed E-state index contributed by atoms with van der Waals surface area (Å²) in [5, 5.41) is 12.7. The minimum Gasteiger partial charge on any atom is -0.343 e. The molecule has 1 aliphatic rings. The summed E-state index contributed by atoms with van der Waals surface area (Å²) < 4.78 is 2.12. The zero-order valence-electron chi connectivity index (χ0n) is 17.6. The lowest BCUT2D eigenvalue weighted by atomic mass is 9.96. The van der Waals surface area contributed by atoms with Gasteiger partial charge in [-0.25, -0.2) is 0 Å². The van der Waals surface area contributed by atoms with Crippen molar-refractivity contribution in [2.45, 2.75) is 32.2 Å². The number of aryl methyl sites for hydroxylation is 1. The molecule has 1 saturated heterocycles. The van der Waals surface area contributed by atoms with E-state index in [0.29, 0.717) is 12.3 Å². The van der Waals surface area contributed by atoms with E-state index in [1.165, 1.54) is 5.56 Å². The van der Waals surface area contributed by atoms with E-state index < -0.39 is 0 Å². The van der Waals surface area contributed by atoms with Crippen LogP contribution in [0.25, 0.3) is 22.0 Å². The monoisotopic (exact) mass is 413 g/mol. The number of benzene rings is 2. The van der Waals surface area contributed by atoms with Crippen LogP contribution in [0.5, 0.6) is 0 Å². The highest BCUT2D eigenvalue weighted by Crippen LogP contribution is 2.26. The van der Waals surface area contributed by atoms with Gasteiger partial charge in [0.05, 0.1) is 17.9 Å². The van der Waals surface area contributed by atoms with Crippen molar-refractivity contribution < 1.29 is 4.79 Å². The van der Waals surface area contributed by atoms with Crippen LogP contribution in [0.4, 0.5) is 0 Å². The third-order valence-corrected chi connectivity index (χ3v) is 6.34.